The lowest BCUT2D eigenvalue weighted by atomic mass is 31.0. The minimum atomic E-state index is 2.23. The summed E-state index contributed by atoms with van der Waals surface area (Å²) in [7, 11) is 4.46. The highest BCUT2D eigenvalue weighted by Gasteiger charge is 0.935. The molecule has 0 saturated carbocycles. The fourth-order valence-corrected chi connectivity index (χ4v) is 0. The van der Waals surface area contributed by atoms with Gasteiger partial charge in [-0.1, -0.05) is 46.9 Å². The van der Waals surface area contributed by atoms with Gasteiger partial charge in [0.1, 0.15) is 0 Å². The van der Waals surface area contributed by atoms with E-state index in [1.165, 1.54) is 0 Å². The average Bonchev–Trinajstić information content (AvgIpc) is 1.50. The molecule has 0 rings (SSSR count). The number of rotatable bonds is 0. The van der Waals surface area contributed by atoms with Crippen molar-refractivity contribution in [2.24, 2.45) is 0 Å². The van der Waals surface area contributed by atoms with E-state index in [0.29, 0.717) is 0 Å². The maximum Gasteiger partial charge on any atom is -0.0652 e. The van der Waals surface area contributed by atoms with E-state index in [1.54, 1.807) is 0 Å². The molecular formula is H4Br2P2. The Morgan fingerprint density at radius 3 is 0.750 bits per heavy atom. The van der Waals surface area contributed by atoms with Gasteiger partial charge in [-0.05, 0) is 0 Å². The van der Waals surface area contributed by atoms with Crippen LogP contribution in [0.25, 0.3) is 0 Å². The van der Waals surface area contributed by atoms with Crippen molar-refractivity contribution in [3.05, 3.63) is 0 Å². The molecule has 28 valence electrons. The van der Waals surface area contributed by atoms with E-state index in [0.717, 1.165) is 0 Å². The van der Waals surface area contributed by atoms with Crippen LogP contribution in [-0.4, -0.2) is 0 Å². The smallest absolute Gasteiger partial charge is 0.0652 e. The summed E-state index contributed by atoms with van der Waals surface area (Å²) in [6, 6.07) is 0. The lowest BCUT2D eigenvalue weighted by molar-refractivity contribution is 6.51. The monoisotopic (exact) mass is 224 g/mol. The molecule has 0 spiro atoms. The van der Waals surface area contributed by atoms with Crippen molar-refractivity contribution in [2.75, 3.05) is 0 Å². The number of hydrogen-bond donors (Lipinski definition) is 0. The summed E-state index contributed by atoms with van der Waals surface area (Å²) >= 11 is 5.71. The SMILES string of the molecule is PBr.PBr. The molecule has 2 unspecified atom stereocenters. The fraction of sp³-hybridized carbons (Fsp3) is 0. The zero-order chi connectivity index (χ0) is 4.00. The maximum absolute atomic E-state index is 2.85. The summed E-state index contributed by atoms with van der Waals surface area (Å²) in [5.41, 5.74) is 0. The predicted octanol–water partition coefficient (Wildman–Crippen LogP) is 2.34. The van der Waals surface area contributed by atoms with Crippen LogP contribution in [0.15, 0.2) is 0 Å². The minimum Gasteiger partial charge on any atom is -0.0679 e. The molecule has 4 heteroatoms. The molecule has 0 aliphatic rings. The Kier molecular flexibility index (Phi) is 49.2. The van der Waals surface area contributed by atoms with Gasteiger partial charge in [0.25, 0.3) is 0 Å². The molecule has 0 bridgehead atoms. The summed E-state index contributed by atoms with van der Waals surface area (Å²) in [4.78, 5) is 0. The Labute approximate surface area is 47.0 Å². The third-order valence-electron chi connectivity index (χ3n) is 0. The summed E-state index contributed by atoms with van der Waals surface area (Å²) in [6.45, 7) is 0. The molecular weight excluding hydrogens is 222 g/mol. The van der Waals surface area contributed by atoms with Crippen LogP contribution < -0.4 is 0 Å². The first-order chi connectivity index (χ1) is 2.00. The Morgan fingerprint density at radius 1 is 0.750 bits per heavy atom. The second kappa shape index (κ2) is 21.2. The van der Waals surface area contributed by atoms with Gasteiger partial charge in [-0.2, -0.15) is 0 Å². The van der Waals surface area contributed by atoms with Gasteiger partial charge >= 0.3 is 0 Å². The Balaban J connectivity index is 0. The Bertz CT molecular complexity index is 4.00. The van der Waals surface area contributed by atoms with Crippen LogP contribution in [0.2, 0.25) is 0 Å². The Hall–Kier alpha value is 1.82. The summed E-state index contributed by atoms with van der Waals surface area (Å²) < 4.78 is 0. The molecule has 0 aromatic heterocycles. The van der Waals surface area contributed by atoms with Gasteiger partial charge in [-0.3, -0.25) is 0 Å². The van der Waals surface area contributed by atoms with E-state index < -0.39 is 0 Å². The first kappa shape index (κ1) is 9.27. The molecule has 2 atom stereocenters. The zero-order valence-electron chi connectivity index (χ0n) is 1.91. The van der Waals surface area contributed by atoms with Crippen LogP contribution in [0.3, 0.4) is 0 Å². The summed E-state index contributed by atoms with van der Waals surface area (Å²) in [6.07, 6.45) is 0. The zero-order valence-corrected chi connectivity index (χ0v) is 7.39. The third-order valence-corrected chi connectivity index (χ3v) is 0. The highest BCUT2D eigenvalue weighted by atomic mass is 79.9. The van der Waals surface area contributed by atoms with Gasteiger partial charge < -0.3 is 0 Å². The van der Waals surface area contributed by atoms with Crippen LogP contribution in [0.4, 0.5) is 0 Å². The van der Waals surface area contributed by atoms with Gasteiger partial charge in [-0.25, -0.2) is 0 Å². The first-order valence-corrected chi connectivity index (χ1v) is 6.80. The average molecular weight is 226 g/mol. The van der Waals surface area contributed by atoms with Gasteiger partial charge in [0.05, 0.1) is 0 Å². The molecule has 0 heterocycles. The summed E-state index contributed by atoms with van der Waals surface area (Å²) in [5.74, 6) is 0. The lowest BCUT2D eigenvalue weighted by Gasteiger charge is -1.07. The van der Waals surface area contributed by atoms with Gasteiger partial charge in [0.2, 0.25) is 0 Å². The summed E-state index contributed by atoms with van der Waals surface area (Å²) in [5, 5.41) is 0. The Morgan fingerprint density at radius 2 is 0.750 bits per heavy atom. The van der Waals surface area contributed by atoms with E-state index in [1.807, 2.05) is 0 Å². The molecule has 0 N–H and O–H groups in total. The van der Waals surface area contributed by atoms with Crippen molar-refractivity contribution in [2.45, 2.75) is 0 Å². The lowest BCUT2D eigenvalue weighted by Crippen LogP contribution is -0.147. The molecule has 0 aliphatic heterocycles. The van der Waals surface area contributed by atoms with Crippen LogP contribution in [0, 0.1) is 0 Å². The van der Waals surface area contributed by atoms with Gasteiger partial charge in [0.15, 0.2) is 0 Å². The van der Waals surface area contributed by atoms with Crippen LogP contribution in [0.1, 0.15) is 0 Å². The number of hydrogen-bond acceptors (Lipinski definition) is 0. The molecule has 0 nitrogen and oxygen atoms in total. The van der Waals surface area contributed by atoms with Crippen LogP contribution in [-0.2, 0) is 0 Å². The minimum absolute atomic E-state index is 2.23. The van der Waals surface area contributed by atoms with Crippen LogP contribution in [0.5, 0.6) is 0 Å². The maximum atomic E-state index is 2.85. The number of halogens is 2. The molecule has 0 aliphatic carbocycles. The van der Waals surface area contributed by atoms with E-state index in [4.69, 9.17) is 0 Å². The van der Waals surface area contributed by atoms with E-state index in [2.05, 4.69) is 46.9 Å². The molecule has 0 aromatic rings. The molecule has 4 heavy (non-hydrogen) atoms. The van der Waals surface area contributed by atoms with Gasteiger partial charge in [-0.15, -0.1) is 0 Å². The van der Waals surface area contributed by atoms with Gasteiger partial charge in [0, 0.05) is 0 Å². The standard InChI is InChI=1S/2BrH2P/c2*1-2/h2*2H2. The fourth-order valence-electron chi connectivity index (χ4n) is 0. The molecule has 0 radical (unpaired) electrons. The molecule has 0 saturated heterocycles. The van der Waals surface area contributed by atoms with Crippen molar-refractivity contribution >= 4 is 46.9 Å². The molecule has 0 aromatic carbocycles. The third kappa shape index (κ3) is 9.17. The quantitative estimate of drug-likeness (QED) is 0.556. The second-order valence-corrected chi connectivity index (χ2v) is 0. The highest BCUT2D eigenvalue weighted by Crippen LogP contribution is 1.86. The van der Waals surface area contributed by atoms with E-state index >= 15 is 0 Å². The first-order valence-electron chi connectivity index (χ1n) is 0.436. The van der Waals surface area contributed by atoms with Crippen molar-refractivity contribution in [1.29, 1.82) is 0 Å². The molecule has 0 amide bonds. The highest BCUT2D eigenvalue weighted by molar-refractivity contribution is 9.34. The van der Waals surface area contributed by atoms with Crippen molar-refractivity contribution in [1.82, 2.24) is 0 Å². The predicted molar refractivity (Wildman–Crippen MR) is 37.3 cm³/mol. The van der Waals surface area contributed by atoms with E-state index in [-0.39, 0.29) is 0 Å². The van der Waals surface area contributed by atoms with Crippen molar-refractivity contribution in [3.63, 3.8) is 0 Å². The topological polar surface area (TPSA) is 0 Å². The van der Waals surface area contributed by atoms with E-state index in [9.17, 15) is 0 Å². The van der Waals surface area contributed by atoms with Crippen LogP contribution >= 0.6 is 46.9 Å². The largest absolute Gasteiger partial charge is 0.0679 e. The van der Waals surface area contributed by atoms with Crippen molar-refractivity contribution in [3.8, 4) is 0 Å². The normalized spacial score (nSPS) is 3.00. The molecule has 0 fully saturated rings. The second-order valence-electron chi connectivity index (χ2n) is 0. The van der Waals surface area contributed by atoms with Crippen molar-refractivity contribution < 1.29 is 0 Å².